The van der Waals surface area contributed by atoms with Crippen molar-refractivity contribution in [3.8, 4) is 16.3 Å². The van der Waals surface area contributed by atoms with Gasteiger partial charge < -0.3 is 15.0 Å². The summed E-state index contributed by atoms with van der Waals surface area (Å²) in [6.45, 7) is 3.08. The van der Waals surface area contributed by atoms with Gasteiger partial charge in [-0.1, -0.05) is 12.1 Å². The molecule has 2 amide bonds. The number of carbonyl (C=O) groups excluding carboxylic acids is 2. The molecule has 0 spiro atoms. The molecule has 1 heterocycles. The number of hydrogen-bond donors (Lipinski definition) is 1. The average Bonchev–Trinajstić information content (AvgIpc) is 3.49. The van der Waals surface area contributed by atoms with E-state index in [4.69, 9.17) is 4.74 Å². The van der Waals surface area contributed by atoms with Crippen molar-refractivity contribution in [1.82, 2.24) is 15.2 Å². The number of rotatable bonds is 9. The number of thiazole rings is 1. The summed E-state index contributed by atoms with van der Waals surface area (Å²) < 4.78 is 5.48. The van der Waals surface area contributed by atoms with Gasteiger partial charge in [-0.2, -0.15) is 0 Å². The van der Waals surface area contributed by atoms with Gasteiger partial charge >= 0.3 is 0 Å². The smallest absolute Gasteiger partial charge is 0.251 e. The van der Waals surface area contributed by atoms with Crippen molar-refractivity contribution >= 4 is 23.2 Å². The minimum Gasteiger partial charge on any atom is -0.494 e. The molecule has 1 aliphatic rings. The molecule has 2 aromatic carbocycles. The Hall–Kier alpha value is -3.19. The molecule has 1 aliphatic carbocycles. The van der Waals surface area contributed by atoms with Crippen LogP contribution in [0.15, 0.2) is 53.9 Å². The zero-order valence-corrected chi connectivity index (χ0v) is 19.2. The molecule has 0 aliphatic heterocycles. The summed E-state index contributed by atoms with van der Waals surface area (Å²) in [6.07, 6.45) is 2.39. The van der Waals surface area contributed by atoms with E-state index in [1.165, 1.54) is 11.3 Å². The highest BCUT2D eigenvalue weighted by atomic mass is 32.1. The Kier molecular flexibility index (Phi) is 6.85. The van der Waals surface area contributed by atoms with Crippen LogP contribution in [0.3, 0.4) is 0 Å². The van der Waals surface area contributed by atoms with E-state index in [9.17, 15) is 9.59 Å². The molecule has 1 fully saturated rings. The number of ether oxygens (including phenoxy) is 1. The summed E-state index contributed by atoms with van der Waals surface area (Å²) in [6, 6.07) is 15.6. The van der Waals surface area contributed by atoms with Gasteiger partial charge in [0.05, 0.1) is 18.7 Å². The lowest BCUT2D eigenvalue weighted by Gasteiger charge is -2.17. The molecular formula is C25H27N3O3S. The van der Waals surface area contributed by atoms with Gasteiger partial charge in [-0.25, -0.2) is 4.98 Å². The van der Waals surface area contributed by atoms with Gasteiger partial charge in [0.1, 0.15) is 10.8 Å². The normalized spacial score (nSPS) is 12.9. The Labute approximate surface area is 192 Å². The van der Waals surface area contributed by atoms with E-state index in [0.717, 1.165) is 40.4 Å². The summed E-state index contributed by atoms with van der Waals surface area (Å²) in [5.41, 5.74) is 3.41. The molecule has 0 radical (unpaired) electrons. The van der Waals surface area contributed by atoms with Crippen LogP contribution in [0.5, 0.6) is 5.75 Å². The first kappa shape index (κ1) is 22.0. The van der Waals surface area contributed by atoms with Crippen molar-refractivity contribution in [1.29, 1.82) is 0 Å². The number of aromatic nitrogens is 1. The number of nitrogens with one attached hydrogen (secondary N) is 1. The first-order valence-corrected chi connectivity index (χ1v) is 11.7. The predicted octanol–water partition coefficient (Wildman–Crippen LogP) is 4.30. The molecule has 1 N–H and O–H groups in total. The Morgan fingerprint density at radius 3 is 2.50 bits per heavy atom. The fourth-order valence-corrected chi connectivity index (χ4v) is 4.12. The largest absolute Gasteiger partial charge is 0.494 e. The third-order valence-corrected chi connectivity index (χ3v) is 6.21. The molecule has 7 heteroatoms. The highest BCUT2D eigenvalue weighted by molar-refractivity contribution is 7.13. The molecule has 1 aromatic heterocycles. The van der Waals surface area contributed by atoms with Crippen molar-refractivity contribution in [2.45, 2.75) is 38.8 Å². The SMILES string of the molecule is CCOc1ccc(-c2nc(CC(=O)N(C)Cc3ccc(C(=O)NC4CC4)cc3)cs2)cc1. The number of amides is 2. The van der Waals surface area contributed by atoms with E-state index >= 15 is 0 Å². The Bertz CT molecular complexity index is 1070. The highest BCUT2D eigenvalue weighted by Crippen LogP contribution is 2.26. The van der Waals surface area contributed by atoms with Crippen LogP contribution < -0.4 is 10.1 Å². The quantitative estimate of drug-likeness (QED) is 0.529. The van der Waals surface area contributed by atoms with Crippen LogP contribution in [-0.4, -0.2) is 41.4 Å². The zero-order chi connectivity index (χ0) is 22.5. The maximum Gasteiger partial charge on any atom is 0.251 e. The minimum absolute atomic E-state index is 0.00379. The number of hydrogen-bond acceptors (Lipinski definition) is 5. The van der Waals surface area contributed by atoms with Crippen molar-refractivity contribution in [2.24, 2.45) is 0 Å². The van der Waals surface area contributed by atoms with E-state index in [0.29, 0.717) is 24.8 Å². The Morgan fingerprint density at radius 1 is 1.12 bits per heavy atom. The van der Waals surface area contributed by atoms with Gasteiger partial charge in [0.25, 0.3) is 5.91 Å². The molecule has 0 atom stereocenters. The summed E-state index contributed by atoms with van der Waals surface area (Å²) in [5, 5.41) is 5.81. The van der Waals surface area contributed by atoms with Crippen LogP contribution in [0.4, 0.5) is 0 Å². The lowest BCUT2D eigenvalue weighted by atomic mass is 10.1. The molecule has 0 saturated heterocycles. The Balaban J connectivity index is 1.31. The zero-order valence-electron chi connectivity index (χ0n) is 18.3. The molecule has 6 nitrogen and oxygen atoms in total. The number of carbonyl (C=O) groups is 2. The lowest BCUT2D eigenvalue weighted by molar-refractivity contribution is -0.129. The van der Waals surface area contributed by atoms with E-state index < -0.39 is 0 Å². The number of likely N-dealkylation sites (N-methyl/N-ethyl adjacent to an activating group) is 1. The molecule has 0 unspecified atom stereocenters. The van der Waals surface area contributed by atoms with Crippen LogP contribution >= 0.6 is 11.3 Å². The summed E-state index contributed by atoms with van der Waals surface area (Å²) in [7, 11) is 1.79. The third kappa shape index (κ3) is 5.73. The molecule has 1 saturated carbocycles. The van der Waals surface area contributed by atoms with Crippen molar-refractivity contribution in [3.05, 3.63) is 70.7 Å². The van der Waals surface area contributed by atoms with Gasteiger partial charge in [0.2, 0.25) is 5.91 Å². The van der Waals surface area contributed by atoms with Crippen molar-refractivity contribution < 1.29 is 14.3 Å². The van der Waals surface area contributed by atoms with Crippen LogP contribution in [0.25, 0.3) is 10.6 Å². The number of benzene rings is 2. The maximum atomic E-state index is 12.7. The molecule has 3 aromatic rings. The van der Waals surface area contributed by atoms with Crippen molar-refractivity contribution in [2.75, 3.05) is 13.7 Å². The fraction of sp³-hybridized carbons (Fsp3) is 0.320. The van der Waals surface area contributed by atoms with Gasteiger partial charge in [-0.3, -0.25) is 9.59 Å². The summed E-state index contributed by atoms with van der Waals surface area (Å²) in [4.78, 5) is 31.1. The standard InChI is InChI=1S/C25H27N3O3S/c1-3-31-22-12-8-19(9-13-22)25-27-21(16-32-25)14-23(29)28(2)15-17-4-6-18(7-5-17)24(30)26-20-10-11-20/h4-9,12-13,16,20H,3,10-11,14-15H2,1-2H3,(H,26,30). The van der Waals surface area contributed by atoms with Gasteiger partial charge in [-0.05, 0) is 61.7 Å². The molecule has 4 rings (SSSR count). The molecule has 32 heavy (non-hydrogen) atoms. The van der Waals surface area contributed by atoms with Gasteiger partial charge in [0, 0.05) is 36.1 Å². The van der Waals surface area contributed by atoms with Crippen LogP contribution in [0.2, 0.25) is 0 Å². The first-order chi connectivity index (χ1) is 15.5. The van der Waals surface area contributed by atoms with Crippen LogP contribution in [0.1, 0.15) is 41.4 Å². The second-order valence-electron chi connectivity index (χ2n) is 7.97. The first-order valence-electron chi connectivity index (χ1n) is 10.8. The molecular weight excluding hydrogens is 422 g/mol. The Morgan fingerprint density at radius 2 is 1.84 bits per heavy atom. The minimum atomic E-state index is -0.0321. The highest BCUT2D eigenvalue weighted by Gasteiger charge is 2.23. The van der Waals surface area contributed by atoms with E-state index in [1.54, 1.807) is 11.9 Å². The van der Waals surface area contributed by atoms with Gasteiger partial charge in [0.15, 0.2) is 0 Å². The van der Waals surface area contributed by atoms with Crippen LogP contribution in [-0.2, 0) is 17.8 Å². The maximum absolute atomic E-state index is 12.7. The van der Waals surface area contributed by atoms with Crippen molar-refractivity contribution in [3.63, 3.8) is 0 Å². The second kappa shape index (κ2) is 9.96. The fourth-order valence-electron chi connectivity index (χ4n) is 3.29. The average molecular weight is 450 g/mol. The summed E-state index contributed by atoms with van der Waals surface area (Å²) in [5.74, 6) is 0.806. The second-order valence-corrected chi connectivity index (χ2v) is 8.83. The topological polar surface area (TPSA) is 71.5 Å². The predicted molar refractivity (Wildman–Crippen MR) is 126 cm³/mol. The third-order valence-electron chi connectivity index (χ3n) is 5.27. The monoisotopic (exact) mass is 449 g/mol. The van der Waals surface area contributed by atoms with E-state index in [-0.39, 0.29) is 18.2 Å². The number of nitrogens with zero attached hydrogens (tertiary/aromatic N) is 2. The van der Waals surface area contributed by atoms with E-state index in [1.807, 2.05) is 60.8 Å². The van der Waals surface area contributed by atoms with E-state index in [2.05, 4.69) is 10.3 Å². The molecule has 0 bridgehead atoms. The van der Waals surface area contributed by atoms with Gasteiger partial charge in [-0.15, -0.1) is 11.3 Å². The lowest BCUT2D eigenvalue weighted by Crippen LogP contribution is -2.28. The van der Waals surface area contributed by atoms with Crippen LogP contribution in [0, 0.1) is 0 Å². The summed E-state index contributed by atoms with van der Waals surface area (Å²) >= 11 is 1.53. The molecule has 166 valence electrons.